The maximum Gasteiger partial charge on any atom is 0.325 e. The Balaban J connectivity index is 2.25. The number of amides is 2. The van der Waals surface area contributed by atoms with Gasteiger partial charge in [0, 0.05) is 11.1 Å². The summed E-state index contributed by atoms with van der Waals surface area (Å²) < 4.78 is 19.5. The molecule has 2 rings (SSSR count). The van der Waals surface area contributed by atoms with Crippen LogP contribution in [0.4, 0.5) is 9.18 Å². The maximum atomic E-state index is 14.3. The number of aliphatic hydroxyl groups is 1. The van der Waals surface area contributed by atoms with Crippen LogP contribution in [0.15, 0.2) is 16.9 Å². The number of carbonyl (C=O) groups is 1. The van der Waals surface area contributed by atoms with E-state index in [1.165, 1.54) is 6.20 Å². The van der Waals surface area contributed by atoms with Gasteiger partial charge in [0.25, 0.3) is 0 Å². The van der Waals surface area contributed by atoms with Gasteiger partial charge in [-0.1, -0.05) is 5.11 Å². The Labute approximate surface area is 113 Å². The second kappa shape index (κ2) is 5.63. The number of hydrogen-bond acceptors (Lipinski definition) is 5. The molecule has 0 saturated carbocycles. The highest BCUT2D eigenvalue weighted by atomic mass is 19.1. The molecule has 0 aromatic rings. The Morgan fingerprint density at radius 2 is 2.45 bits per heavy atom. The largest absolute Gasteiger partial charge is 0.394 e. The van der Waals surface area contributed by atoms with Gasteiger partial charge in [0.15, 0.2) is 12.4 Å². The Morgan fingerprint density at radius 1 is 1.75 bits per heavy atom. The monoisotopic (exact) mass is 286 g/mol. The lowest BCUT2D eigenvalue weighted by Crippen LogP contribution is -2.56. The van der Waals surface area contributed by atoms with Gasteiger partial charge in [-0.3, -0.25) is 4.90 Å². The van der Waals surface area contributed by atoms with Crippen molar-refractivity contribution < 1.29 is 19.0 Å². The average Bonchev–Trinajstić information content (AvgIpc) is 2.72. The molecule has 1 unspecified atom stereocenters. The highest BCUT2D eigenvalue weighted by Crippen LogP contribution is 2.30. The van der Waals surface area contributed by atoms with Crippen LogP contribution in [0.25, 0.3) is 10.4 Å². The number of nitrogens with one attached hydrogen (secondary N) is 1. The average molecular weight is 286 g/mol. The molecule has 4 N–H and O–H groups in total. The summed E-state index contributed by atoms with van der Waals surface area (Å²) in [4.78, 5) is 15.4. The number of halogens is 1. The molecule has 0 bridgehead atoms. The molecule has 0 aromatic carbocycles. The number of hydrogen-bond donors (Lipinski definition) is 3. The number of aliphatic hydroxyl groups excluding tert-OH is 1. The predicted octanol–water partition coefficient (Wildman–Crippen LogP) is -0.0656. The summed E-state index contributed by atoms with van der Waals surface area (Å²) in [7, 11) is 0. The number of azide groups is 1. The first-order valence-corrected chi connectivity index (χ1v) is 5.97. The molecule has 0 aliphatic carbocycles. The van der Waals surface area contributed by atoms with Crippen molar-refractivity contribution in [3.05, 3.63) is 22.2 Å². The fourth-order valence-corrected chi connectivity index (χ4v) is 2.14. The van der Waals surface area contributed by atoms with Gasteiger partial charge >= 0.3 is 6.03 Å². The van der Waals surface area contributed by atoms with E-state index < -0.39 is 43.3 Å². The van der Waals surface area contributed by atoms with Crippen molar-refractivity contribution in [3.8, 4) is 0 Å². The van der Waals surface area contributed by atoms with Crippen LogP contribution in [0.3, 0.4) is 0 Å². The topological polar surface area (TPSA) is 137 Å². The first-order chi connectivity index (χ1) is 9.49. The molecule has 1 fully saturated rings. The van der Waals surface area contributed by atoms with Crippen molar-refractivity contribution in [2.45, 2.75) is 37.6 Å². The molecule has 2 amide bonds. The first kappa shape index (κ1) is 14.5. The van der Waals surface area contributed by atoms with Crippen molar-refractivity contribution in [1.82, 2.24) is 10.2 Å². The quantitative estimate of drug-likeness (QED) is 0.380. The molecule has 2 heterocycles. The minimum Gasteiger partial charge on any atom is -0.394 e. The zero-order valence-corrected chi connectivity index (χ0v) is 10.7. The van der Waals surface area contributed by atoms with E-state index in [4.69, 9.17) is 21.1 Å². The number of carbonyl (C=O) groups excluding carboxylic acids is 1. The van der Waals surface area contributed by atoms with Gasteiger partial charge in [-0.05, 0) is 18.0 Å². The lowest BCUT2D eigenvalue weighted by Gasteiger charge is -2.33. The van der Waals surface area contributed by atoms with E-state index in [0.29, 0.717) is 5.57 Å². The summed E-state index contributed by atoms with van der Waals surface area (Å²) in [5, 5.41) is 14.8. The van der Waals surface area contributed by atoms with Crippen molar-refractivity contribution in [3.63, 3.8) is 0 Å². The number of ether oxygens (including phenoxy) is 1. The van der Waals surface area contributed by atoms with E-state index in [1.54, 1.807) is 6.92 Å². The molecular formula is C10H15FN6O3. The lowest BCUT2D eigenvalue weighted by molar-refractivity contribution is -0.0531. The minimum atomic E-state index is -1.74. The van der Waals surface area contributed by atoms with Crippen LogP contribution in [-0.4, -0.2) is 53.4 Å². The maximum absolute atomic E-state index is 14.3. The molecule has 20 heavy (non-hydrogen) atoms. The number of nitrogens with two attached hydrogens (primary N) is 1. The fourth-order valence-electron chi connectivity index (χ4n) is 2.14. The number of nitrogens with zero attached hydrogens (tertiary/aromatic N) is 4. The zero-order chi connectivity index (χ0) is 14.9. The number of rotatable bonds is 3. The third-order valence-electron chi connectivity index (χ3n) is 3.28. The summed E-state index contributed by atoms with van der Waals surface area (Å²) in [6.45, 7) is 1.16. The highest BCUT2D eigenvalue weighted by molar-refractivity contribution is 5.77. The molecule has 9 nitrogen and oxygen atoms in total. The van der Waals surface area contributed by atoms with Gasteiger partial charge in [0.05, 0.1) is 12.7 Å². The lowest BCUT2D eigenvalue weighted by atomic mass is 10.1. The number of urea groups is 1. The summed E-state index contributed by atoms with van der Waals surface area (Å²) in [5.41, 5.74) is 14.7. The predicted molar refractivity (Wildman–Crippen MR) is 65.7 cm³/mol. The second-order valence-corrected chi connectivity index (χ2v) is 4.60. The molecule has 110 valence electrons. The van der Waals surface area contributed by atoms with Crippen LogP contribution in [0.5, 0.6) is 0 Å². The number of alkyl halides is 1. The van der Waals surface area contributed by atoms with E-state index in [0.717, 1.165) is 4.90 Å². The van der Waals surface area contributed by atoms with Gasteiger partial charge in [0.1, 0.15) is 12.2 Å². The van der Waals surface area contributed by atoms with E-state index in [1.807, 2.05) is 0 Å². The van der Waals surface area contributed by atoms with Crippen LogP contribution >= 0.6 is 0 Å². The fraction of sp³-hybridized carbons (Fsp3) is 0.700. The van der Waals surface area contributed by atoms with E-state index >= 15 is 0 Å². The van der Waals surface area contributed by atoms with Gasteiger partial charge in [-0.2, -0.15) is 0 Å². The van der Waals surface area contributed by atoms with E-state index in [-0.39, 0.29) is 0 Å². The highest BCUT2D eigenvalue weighted by Gasteiger charge is 2.48. The van der Waals surface area contributed by atoms with Crippen LogP contribution in [-0.2, 0) is 4.74 Å². The van der Waals surface area contributed by atoms with Crippen LogP contribution in [0.2, 0.25) is 0 Å². The third kappa shape index (κ3) is 2.41. The molecule has 1 saturated heterocycles. The Hall–Kier alpha value is -1.87. The van der Waals surface area contributed by atoms with E-state index in [2.05, 4.69) is 15.3 Å². The van der Waals surface area contributed by atoms with Crippen molar-refractivity contribution in [2.75, 3.05) is 6.61 Å². The second-order valence-electron chi connectivity index (χ2n) is 4.60. The van der Waals surface area contributed by atoms with Crippen LogP contribution < -0.4 is 11.1 Å². The van der Waals surface area contributed by atoms with Gasteiger partial charge < -0.3 is 20.9 Å². The summed E-state index contributed by atoms with van der Waals surface area (Å²) in [6.07, 6.45) is -3.27. The minimum absolute atomic E-state index is 0.516. The third-order valence-corrected chi connectivity index (χ3v) is 3.28. The van der Waals surface area contributed by atoms with Crippen molar-refractivity contribution in [1.29, 1.82) is 0 Å². The zero-order valence-electron chi connectivity index (χ0n) is 10.7. The van der Waals surface area contributed by atoms with Gasteiger partial charge in [0.2, 0.25) is 0 Å². The van der Waals surface area contributed by atoms with E-state index in [9.17, 15) is 9.18 Å². The van der Waals surface area contributed by atoms with Crippen LogP contribution in [0.1, 0.15) is 6.92 Å². The smallest absolute Gasteiger partial charge is 0.325 e. The summed E-state index contributed by atoms with van der Waals surface area (Å²) >= 11 is 0. The van der Waals surface area contributed by atoms with Crippen molar-refractivity contribution >= 4 is 6.03 Å². The Morgan fingerprint density at radius 3 is 3.05 bits per heavy atom. The Kier molecular flexibility index (Phi) is 4.09. The standard InChI is InChI=1S/C10H15FN6O3/c1-4-2-17(10(19)14-8(4)12)9-6(11)7(15-16-13)5(3-18)20-9/h2,5-9,18H,3,12H2,1H3,(H,14,19)/t5-,6-,7-,8?,9+/m1/s1. The molecule has 0 radical (unpaired) electrons. The molecule has 0 aromatic heterocycles. The SMILES string of the molecule is CC1=CN([C@H]2O[C@H](CO)[C@@H](N=[N+]=[N-])[C@H]2F)C(=O)NC1N. The molecule has 2 aliphatic heterocycles. The molecule has 2 aliphatic rings. The van der Waals surface area contributed by atoms with Gasteiger partial charge in [-0.25, -0.2) is 9.18 Å². The first-order valence-electron chi connectivity index (χ1n) is 5.97. The molecule has 10 heteroatoms. The normalized spacial score (nSPS) is 37.2. The summed E-state index contributed by atoms with van der Waals surface area (Å²) in [6, 6.07) is -1.80. The molecule has 5 atom stereocenters. The molecule has 0 spiro atoms. The Bertz CT molecular complexity index is 480. The molecular weight excluding hydrogens is 271 g/mol. The summed E-state index contributed by atoms with van der Waals surface area (Å²) in [5.74, 6) is 0. The van der Waals surface area contributed by atoms with Crippen molar-refractivity contribution in [2.24, 2.45) is 10.8 Å². The van der Waals surface area contributed by atoms with Gasteiger partial charge in [-0.15, -0.1) is 0 Å². The van der Waals surface area contributed by atoms with Crippen LogP contribution in [0, 0.1) is 0 Å².